The summed E-state index contributed by atoms with van der Waals surface area (Å²) in [6, 6.07) is 6.47. The monoisotopic (exact) mass is 266 g/mol. The Labute approximate surface area is 109 Å². The number of hydrogen-bond acceptors (Lipinski definition) is 4. The molecule has 0 aliphatic carbocycles. The highest BCUT2D eigenvalue weighted by Crippen LogP contribution is 2.05. The molecular weight excluding hydrogens is 252 g/mol. The molecule has 1 atom stereocenters. The van der Waals surface area contributed by atoms with Crippen molar-refractivity contribution in [3.05, 3.63) is 30.3 Å². The van der Waals surface area contributed by atoms with Crippen LogP contribution in [-0.4, -0.2) is 36.2 Å². The number of urea groups is 1. The van der Waals surface area contributed by atoms with Gasteiger partial charge in [-0.3, -0.25) is 4.79 Å². The van der Waals surface area contributed by atoms with Gasteiger partial charge in [-0.1, -0.05) is 18.2 Å². The Morgan fingerprint density at radius 2 is 1.89 bits per heavy atom. The molecule has 7 heteroatoms. The summed E-state index contributed by atoms with van der Waals surface area (Å²) in [7, 11) is 1.14. The number of aliphatic carboxylic acids is 1. The number of carbonyl (C=O) groups excluding carboxylic acids is 2. The average Bonchev–Trinajstić information content (AvgIpc) is 2.38. The second kappa shape index (κ2) is 7.00. The van der Waals surface area contributed by atoms with E-state index < -0.39 is 30.4 Å². The summed E-state index contributed by atoms with van der Waals surface area (Å²) in [6.07, 6.45) is -0.436. The van der Waals surface area contributed by atoms with Crippen molar-refractivity contribution < 1.29 is 24.2 Å². The molecule has 0 radical (unpaired) electrons. The Morgan fingerprint density at radius 3 is 2.42 bits per heavy atom. The van der Waals surface area contributed by atoms with E-state index in [1.807, 2.05) is 0 Å². The van der Waals surface area contributed by atoms with Gasteiger partial charge in [-0.05, 0) is 12.1 Å². The number of para-hydroxylation sites is 1. The van der Waals surface area contributed by atoms with Crippen molar-refractivity contribution in [3.8, 4) is 0 Å². The highest BCUT2D eigenvalue weighted by Gasteiger charge is 2.23. The fourth-order valence-electron chi connectivity index (χ4n) is 1.30. The van der Waals surface area contributed by atoms with E-state index >= 15 is 0 Å². The maximum absolute atomic E-state index is 11.6. The lowest BCUT2D eigenvalue weighted by Crippen LogP contribution is -2.44. The molecule has 19 heavy (non-hydrogen) atoms. The minimum atomic E-state index is -1.34. The van der Waals surface area contributed by atoms with Crippen LogP contribution in [0.25, 0.3) is 0 Å². The van der Waals surface area contributed by atoms with Crippen molar-refractivity contribution in [2.45, 2.75) is 12.5 Å². The molecule has 1 rings (SSSR count). The first kappa shape index (κ1) is 14.5. The van der Waals surface area contributed by atoms with E-state index in [2.05, 4.69) is 15.4 Å². The number of esters is 1. The van der Waals surface area contributed by atoms with Crippen molar-refractivity contribution in [1.29, 1.82) is 0 Å². The number of methoxy groups -OCH3 is 1. The van der Waals surface area contributed by atoms with Crippen molar-refractivity contribution in [2.75, 3.05) is 12.4 Å². The van der Waals surface area contributed by atoms with E-state index in [1.54, 1.807) is 30.3 Å². The summed E-state index contributed by atoms with van der Waals surface area (Å²) in [5.74, 6) is -2.03. The lowest BCUT2D eigenvalue weighted by atomic mass is 10.2. The van der Waals surface area contributed by atoms with Crippen LogP contribution in [0.2, 0.25) is 0 Å². The van der Waals surface area contributed by atoms with Gasteiger partial charge >= 0.3 is 18.0 Å². The first-order valence-electron chi connectivity index (χ1n) is 5.45. The number of carbonyl (C=O) groups is 3. The Kier molecular flexibility index (Phi) is 5.34. The molecular formula is C12H14N2O5. The van der Waals surface area contributed by atoms with E-state index in [4.69, 9.17) is 5.11 Å². The van der Waals surface area contributed by atoms with Crippen LogP contribution in [0.4, 0.5) is 10.5 Å². The first-order valence-corrected chi connectivity index (χ1v) is 5.45. The van der Waals surface area contributed by atoms with Crippen LogP contribution in [0.1, 0.15) is 6.42 Å². The van der Waals surface area contributed by atoms with E-state index in [1.165, 1.54) is 0 Å². The second-order valence-electron chi connectivity index (χ2n) is 3.64. The van der Waals surface area contributed by atoms with Gasteiger partial charge in [0.2, 0.25) is 0 Å². The van der Waals surface area contributed by atoms with Crippen molar-refractivity contribution >= 4 is 23.7 Å². The number of carboxylic acids is 1. The number of nitrogens with one attached hydrogen (secondary N) is 2. The zero-order valence-corrected chi connectivity index (χ0v) is 10.3. The Morgan fingerprint density at radius 1 is 1.26 bits per heavy atom. The molecule has 0 fully saturated rings. The molecule has 0 saturated heterocycles. The Hall–Kier alpha value is -2.57. The first-order chi connectivity index (χ1) is 9.02. The number of benzene rings is 1. The van der Waals surface area contributed by atoms with Gasteiger partial charge in [0.1, 0.15) is 6.04 Å². The summed E-state index contributed by atoms with van der Waals surface area (Å²) in [5.41, 5.74) is 0.516. The lowest BCUT2D eigenvalue weighted by molar-refractivity contribution is -0.147. The van der Waals surface area contributed by atoms with Gasteiger partial charge < -0.3 is 20.5 Å². The van der Waals surface area contributed by atoms with Crippen LogP contribution in [-0.2, 0) is 14.3 Å². The van der Waals surface area contributed by atoms with Crippen LogP contribution < -0.4 is 10.6 Å². The number of amides is 2. The number of carboxylic acid groups (broad SMARTS) is 1. The second-order valence-corrected chi connectivity index (χ2v) is 3.64. The standard InChI is InChI=1S/C12H14N2O5/c1-19-10(15)7-9(11(16)17)14-12(18)13-8-5-3-2-4-6-8/h2-6,9H,7H2,1H3,(H,16,17)(H2,13,14,18)/t9-/m0/s1. The normalized spacial score (nSPS) is 11.2. The number of hydrogen-bond donors (Lipinski definition) is 3. The topological polar surface area (TPSA) is 105 Å². The molecule has 0 saturated carbocycles. The molecule has 0 aliphatic heterocycles. The zero-order chi connectivity index (χ0) is 14.3. The fourth-order valence-corrected chi connectivity index (χ4v) is 1.30. The summed E-state index contributed by atoms with van der Waals surface area (Å²) in [4.78, 5) is 33.5. The molecule has 0 spiro atoms. The summed E-state index contributed by atoms with van der Waals surface area (Å²) < 4.78 is 4.36. The predicted molar refractivity (Wildman–Crippen MR) is 66.7 cm³/mol. The third-order valence-electron chi connectivity index (χ3n) is 2.23. The molecule has 1 aromatic carbocycles. The van der Waals surface area contributed by atoms with Crippen LogP contribution in [0.3, 0.4) is 0 Å². The summed E-state index contributed by atoms with van der Waals surface area (Å²) in [6.45, 7) is 0. The Bertz CT molecular complexity index is 460. The third kappa shape index (κ3) is 5.07. The quantitative estimate of drug-likeness (QED) is 0.684. The van der Waals surface area contributed by atoms with E-state index in [0.717, 1.165) is 7.11 Å². The van der Waals surface area contributed by atoms with Gasteiger partial charge in [0.05, 0.1) is 13.5 Å². The molecule has 2 amide bonds. The zero-order valence-electron chi connectivity index (χ0n) is 10.3. The van der Waals surface area contributed by atoms with Crippen molar-refractivity contribution in [2.24, 2.45) is 0 Å². The Balaban J connectivity index is 2.57. The molecule has 0 heterocycles. The molecule has 1 aromatic rings. The predicted octanol–water partition coefficient (Wildman–Crippen LogP) is 0.824. The number of ether oxygens (including phenoxy) is 1. The summed E-state index contributed by atoms with van der Waals surface area (Å²) >= 11 is 0. The van der Waals surface area contributed by atoms with Gasteiger partial charge in [0, 0.05) is 5.69 Å². The van der Waals surface area contributed by atoms with Gasteiger partial charge in [-0.15, -0.1) is 0 Å². The smallest absolute Gasteiger partial charge is 0.326 e. The molecule has 7 nitrogen and oxygen atoms in total. The maximum atomic E-state index is 11.6. The number of rotatable bonds is 5. The molecule has 102 valence electrons. The van der Waals surface area contributed by atoms with Gasteiger partial charge in [0.15, 0.2) is 0 Å². The van der Waals surface area contributed by atoms with E-state index in [9.17, 15) is 14.4 Å². The minimum absolute atomic E-state index is 0.436. The van der Waals surface area contributed by atoms with E-state index in [0.29, 0.717) is 5.69 Å². The fraction of sp³-hybridized carbons (Fsp3) is 0.250. The van der Waals surface area contributed by atoms with E-state index in [-0.39, 0.29) is 0 Å². The minimum Gasteiger partial charge on any atom is -0.480 e. The molecule has 0 bridgehead atoms. The lowest BCUT2D eigenvalue weighted by Gasteiger charge is -2.14. The molecule has 0 aliphatic rings. The van der Waals surface area contributed by atoms with Crippen molar-refractivity contribution in [3.63, 3.8) is 0 Å². The van der Waals surface area contributed by atoms with Gasteiger partial charge in [0.25, 0.3) is 0 Å². The largest absolute Gasteiger partial charge is 0.480 e. The number of anilines is 1. The van der Waals surface area contributed by atoms with Crippen LogP contribution in [0.5, 0.6) is 0 Å². The molecule has 0 unspecified atom stereocenters. The highest BCUT2D eigenvalue weighted by molar-refractivity contribution is 5.93. The highest BCUT2D eigenvalue weighted by atomic mass is 16.5. The SMILES string of the molecule is COC(=O)C[C@H](NC(=O)Nc1ccccc1)C(=O)O. The third-order valence-corrected chi connectivity index (χ3v) is 2.23. The average molecular weight is 266 g/mol. The molecule has 3 N–H and O–H groups in total. The molecule has 0 aromatic heterocycles. The van der Waals surface area contributed by atoms with Crippen molar-refractivity contribution in [1.82, 2.24) is 5.32 Å². The van der Waals surface area contributed by atoms with Gasteiger partial charge in [-0.25, -0.2) is 9.59 Å². The van der Waals surface area contributed by atoms with Crippen LogP contribution in [0.15, 0.2) is 30.3 Å². The summed E-state index contributed by atoms with van der Waals surface area (Å²) in [5, 5.41) is 13.5. The van der Waals surface area contributed by atoms with Gasteiger partial charge in [-0.2, -0.15) is 0 Å². The van der Waals surface area contributed by atoms with Crippen LogP contribution in [0, 0.1) is 0 Å². The maximum Gasteiger partial charge on any atom is 0.326 e. The van der Waals surface area contributed by atoms with Crippen LogP contribution >= 0.6 is 0 Å².